The van der Waals surface area contributed by atoms with Crippen molar-refractivity contribution in [3.8, 4) is 0 Å². The fourth-order valence-electron chi connectivity index (χ4n) is 3.50. The van der Waals surface area contributed by atoms with Gasteiger partial charge in [0.25, 0.3) is 5.56 Å². The Hall–Kier alpha value is -2.47. The van der Waals surface area contributed by atoms with Crippen LogP contribution in [-0.2, 0) is 24.2 Å². The van der Waals surface area contributed by atoms with Crippen molar-refractivity contribution < 1.29 is 9.53 Å². The second-order valence-corrected chi connectivity index (χ2v) is 8.34. The molecule has 0 atom stereocenters. The van der Waals surface area contributed by atoms with E-state index in [0.717, 1.165) is 36.1 Å². The normalized spacial score (nSPS) is 13.7. The Kier molecular flexibility index (Phi) is 4.83. The van der Waals surface area contributed by atoms with Gasteiger partial charge in [-0.25, -0.2) is 9.78 Å². The van der Waals surface area contributed by atoms with Gasteiger partial charge in [-0.05, 0) is 54.9 Å². The summed E-state index contributed by atoms with van der Waals surface area (Å²) in [7, 11) is 0. The predicted octanol–water partition coefficient (Wildman–Crippen LogP) is 4.34. The summed E-state index contributed by atoms with van der Waals surface area (Å²) in [4.78, 5) is 34.1. The molecule has 5 nitrogen and oxygen atoms in total. The van der Waals surface area contributed by atoms with Gasteiger partial charge < -0.3 is 9.72 Å². The van der Waals surface area contributed by atoms with Crippen LogP contribution in [0.4, 0.5) is 0 Å². The van der Waals surface area contributed by atoms with Crippen LogP contribution in [0.25, 0.3) is 10.2 Å². The van der Waals surface area contributed by atoms with E-state index in [1.54, 1.807) is 23.5 Å². The lowest BCUT2D eigenvalue weighted by Crippen LogP contribution is -2.15. The van der Waals surface area contributed by atoms with Crippen LogP contribution in [0.1, 0.15) is 64.8 Å². The maximum Gasteiger partial charge on any atom is 0.338 e. The number of fused-ring (bicyclic) bond motifs is 3. The number of ether oxygens (including phenoxy) is 1. The molecule has 0 saturated heterocycles. The van der Waals surface area contributed by atoms with Crippen molar-refractivity contribution in [2.24, 2.45) is 0 Å². The summed E-state index contributed by atoms with van der Waals surface area (Å²) in [5, 5.41) is 0.717. The summed E-state index contributed by atoms with van der Waals surface area (Å²) < 4.78 is 5.35. The minimum atomic E-state index is -0.418. The second kappa shape index (κ2) is 7.27. The smallest absolute Gasteiger partial charge is 0.338 e. The molecule has 0 aliphatic heterocycles. The summed E-state index contributed by atoms with van der Waals surface area (Å²) in [6.45, 7) is 4.17. The number of aromatic amines is 1. The van der Waals surface area contributed by atoms with E-state index in [1.807, 2.05) is 12.1 Å². The highest BCUT2D eigenvalue weighted by Gasteiger charge is 2.20. The molecule has 2 aromatic heterocycles. The Morgan fingerprint density at radius 2 is 1.96 bits per heavy atom. The van der Waals surface area contributed by atoms with E-state index in [0.29, 0.717) is 22.7 Å². The minimum Gasteiger partial charge on any atom is -0.454 e. The first-order valence-corrected chi connectivity index (χ1v) is 10.1. The van der Waals surface area contributed by atoms with E-state index >= 15 is 0 Å². The molecule has 1 aliphatic rings. The van der Waals surface area contributed by atoms with Crippen LogP contribution in [0.2, 0.25) is 0 Å². The molecule has 0 fully saturated rings. The Bertz CT molecular complexity index is 1050. The monoisotopic (exact) mass is 382 g/mol. The lowest BCUT2D eigenvalue weighted by Gasteiger charge is -2.09. The van der Waals surface area contributed by atoms with E-state index < -0.39 is 5.97 Å². The van der Waals surface area contributed by atoms with Gasteiger partial charge in [0.2, 0.25) is 0 Å². The molecule has 0 amide bonds. The molecule has 27 heavy (non-hydrogen) atoms. The molecule has 4 rings (SSSR count). The van der Waals surface area contributed by atoms with Gasteiger partial charge in [0.15, 0.2) is 0 Å². The van der Waals surface area contributed by atoms with Gasteiger partial charge in [0, 0.05) is 4.88 Å². The van der Waals surface area contributed by atoms with Crippen molar-refractivity contribution in [3.05, 3.63) is 62.0 Å². The number of aromatic nitrogens is 2. The third-order valence-electron chi connectivity index (χ3n) is 5.03. The van der Waals surface area contributed by atoms with Crippen LogP contribution in [0.5, 0.6) is 0 Å². The van der Waals surface area contributed by atoms with Gasteiger partial charge in [-0.3, -0.25) is 4.79 Å². The molecule has 0 radical (unpaired) electrons. The van der Waals surface area contributed by atoms with Crippen molar-refractivity contribution in [2.45, 2.75) is 52.1 Å². The quantitative estimate of drug-likeness (QED) is 0.681. The van der Waals surface area contributed by atoms with Crippen LogP contribution >= 0.6 is 11.3 Å². The number of carbonyl (C=O) groups excluding carboxylic acids is 1. The average molecular weight is 382 g/mol. The molecule has 3 aromatic rings. The molecular weight excluding hydrogens is 360 g/mol. The zero-order valence-corrected chi connectivity index (χ0v) is 16.3. The van der Waals surface area contributed by atoms with Crippen LogP contribution in [0, 0.1) is 0 Å². The van der Waals surface area contributed by atoms with Gasteiger partial charge in [0.1, 0.15) is 17.3 Å². The van der Waals surface area contributed by atoms with Crippen LogP contribution in [0.15, 0.2) is 29.1 Å². The summed E-state index contributed by atoms with van der Waals surface area (Å²) >= 11 is 1.59. The van der Waals surface area contributed by atoms with Gasteiger partial charge in [-0.15, -0.1) is 11.3 Å². The first-order chi connectivity index (χ1) is 13.0. The number of hydrogen-bond acceptors (Lipinski definition) is 5. The number of esters is 1. The zero-order chi connectivity index (χ0) is 19.0. The lowest BCUT2D eigenvalue weighted by molar-refractivity contribution is 0.0462. The Morgan fingerprint density at radius 3 is 2.70 bits per heavy atom. The third kappa shape index (κ3) is 3.54. The summed E-state index contributed by atoms with van der Waals surface area (Å²) in [6, 6.07) is 7.40. The number of H-pyrrole nitrogens is 1. The standard InChI is InChI=1S/C21H22N2O3S/c1-12(2)13-7-9-14(10-8-13)21(25)26-11-17-22-19(24)18-15-5-3-4-6-16(15)27-20(18)23-17/h7-10,12H,3-6,11H2,1-2H3,(H,22,23,24). The van der Waals surface area contributed by atoms with Crippen LogP contribution in [0.3, 0.4) is 0 Å². The molecule has 2 heterocycles. The van der Waals surface area contributed by atoms with Crippen LogP contribution in [-0.4, -0.2) is 15.9 Å². The second-order valence-electron chi connectivity index (χ2n) is 7.26. The van der Waals surface area contributed by atoms with Crippen molar-refractivity contribution in [2.75, 3.05) is 0 Å². The first kappa shape index (κ1) is 17.9. The summed E-state index contributed by atoms with van der Waals surface area (Å²) in [6.07, 6.45) is 4.25. The van der Waals surface area contributed by atoms with E-state index in [9.17, 15) is 9.59 Å². The number of thiophene rings is 1. The summed E-state index contributed by atoms with van der Waals surface area (Å²) in [5.41, 5.74) is 2.69. The first-order valence-electron chi connectivity index (χ1n) is 9.33. The Balaban J connectivity index is 1.52. The van der Waals surface area contributed by atoms with E-state index in [1.165, 1.54) is 10.4 Å². The van der Waals surface area contributed by atoms with Crippen LogP contribution < -0.4 is 5.56 Å². The van der Waals surface area contributed by atoms with Crippen molar-refractivity contribution in [1.29, 1.82) is 0 Å². The Morgan fingerprint density at radius 1 is 1.22 bits per heavy atom. The number of nitrogens with zero attached hydrogens (tertiary/aromatic N) is 1. The molecule has 1 aliphatic carbocycles. The number of aryl methyl sites for hydroxylation is 2. The van der Waals surface area contributed by atoms with Gasteiger partial charge in [0.05, 0.1) is 10.9 Å². The topological polar surface area (TPSA) is 72.0 Å². The summed E-state index contributed by atoms with van der Waals surface area (Å²) in [5.74, 6) is 0.379. The highest BCUT2D eigenvalue weighted by Crippen LogP contribution is 2.33. The molecule has 0 bridgehead atoms. The Labute approximate surface area is 161 Å². The molecule has 0 saturated carbocycles. The number of rotatable bonds is 4. The number of carbonyl (C=O) groups is 1. The minimum absolute atomic E-state index is 0.0431. The molecule has 1 aromatic carbocycles. The average Bonchev–Trinajstić information content (AvgIpc) is 3.05. The molecular formula is C21H22N2O3S. The van der Waals surface area contributed by atoms with Crippen molar-refractivity contribution >= 4 is 27.5 Å². The predicted molar refractivity (Wildman–Crippen MR) is 107 cm³/mol. The molecule has 1 N–H and O–H groups in total. The van der Waals surface area contributed by atoms with E-state index in [-0.39, 0.29) is 12.2 Å². The fourth-order valence-corrected chi connectivity index (χ4v) is 4.78. The fraction of sp³-hybridized carbons (Fsp3) is 0.381. The number of nitrogens with one attached hydrogen (secondary N) is 1. The van der Waals surface area contributed by atoms with Gasteiger partial charge in [-0.2, -0.15) is 0 Å². The molecule has 140 valence electrons. The highest BCUT2D eigenvalue weighted by molar-refractivity contribution is 7.18. The largest absolute Gasteiger partial charge is 0.454 e. The van der Waals surface area contributed by atoms with Gasteiger partial charge >= 0.3 is 5.97 Å². The van der Waals surface area contributed by atoms with E-state index in [2.05, 4.69) is 23.8 Å². The zero-order valence-electron chi connectivity index (χ0n) is 15.5. The maximum atomic E-state index is 12.5. The maximum absolute atomic E-state index is 12.5. The van der Waals surface area contributed by atoms with E-state index in [4.69, 9.17) is 4.74 Å². The molecule has 0 unspecified atom stereocenters. The van der Waals surface area contributed by atoms with Crippen molar-refractivity contribution in [1.82, 2.24) is 9.97 Å². The van der Waals surface area contributed by atoms with Crippen molar-refractivity contribution in [3.63, 3.8) is 0 Å². The number of benzene rings is 1. The number of hydrogen-bond donors (Lipinski definition) is 1. The molecule has 0 spiro atoms. The highest BCUT2D eigenvalue weighted by atomic mass is 32.1. The lowest BCUT2D eigenvalue weighted by atomic mass is 9.97. The van der Waals surface area contributed by atoms with Gasteiger partial charge in [-0.1, -0.05) is 26.0 Å². The SMILES string of the molecule is CC(C)c1ccc(C(=O)OCc2nc3sc4c(c3c(=O)[nH]2)CCCC4)cc1. The third-order valence-corrected chi connectivity index (χ3v) is 6.21. The molecule has 6 heteroatoms.